The minimum atomic E-state index is -4.34. The van der Waals surface area contributed by atoms with Crippen LogP contribution in [0.3, 0.4) is 0 Å². The standard InChI is InChI=1S/C74H133N2O6P/c1-6-8-10-12-14-16-18-20-22-24-26-28-30-32-33-34-35-36-37-38-39-40-41-42-43-44-46-48-50-52-54-56-58-60-62-64-66-68-74(78)75-72(71-82-83(79,80)81-70-69-76(3,4)5)73(77)67-65-63-61-59-57-55-53-51-49-47-45-31-29-27-25-23-21-19-17-15-13-11-9-7-2/h8,10,14,16,20,22,26,28,32-33,35-36,38-39,41-42,44,46,72-73,77H,6-7,9,11-13,15,17-19,21,23-25,27,29-31,34,37,40,43,45,47-71H2,1-5H3,(H-,75,78,79,80)/p+1/b10-8-,16-14-,22-20-,28-26-,33-32-,36-35-,39-38-,42-41-,46-44-. The van der Waals surface area contributed by atoms with E-state index in [1.807, 2.05) is 21.1 Å². The van der Waals surface area contributed by atoms with Gasteiger partial charge in [-0.05, 0) is 83.5 Å². The molecule has 9 heteroatoms. The maximum Gasteiger partial charge on any atom is 0.472 e. The highest BCUT2D eigenvalue weighted by Gasteiger charge is 2.28. The van der Waals surface area contributed by atoms with Crippen molar-refractivity contribution in [3.05, 3.63) is 109 Å². The number of allylic oxidation sites excluding steroid dienone is 18. The molecular weight excluding hydrogens is 1040 g/mol. The van der Waals surface area contributed by atoms with Gasteiger partial charge in [0.2, 0.25) is 5.91 Å². The molecule has 480 valence electrons. The van der Waals surface area contributed by atoms with E-state index in [4.69, 9.17) is 9.05 Å². The zero-order chi connectivity index (χ0) is 60.5. The summed E-state index contributed by atoms with van der Waals surface area (Å²) in [5, 5.41) is 14.1. The van der Waals surface area contributed by atoms with Gasteiger partial charge in [-0.15, -0.1) is 0 Å². The summed E-state index contributed by atoms with van der Waals surface area (Å²) >= 11 is 0. The molecule has 0 spiro atoms. The van der Waals surface area contributed by atoms with Crippen LogP contribution in [0.25, 0.3) is 0 Å². The molecule has 0 heterocycles. The van der Waals surface area contributed by atoms with Crippen LogP contribution in [0.1, 0.15) is 303 Å². The summed E-state index contributed by atoms with van der Waals surface area (Å²) in [7, 11) is 1.61. The van der Waals surface area contributed by atoms with Crippen molar-refractivity contribution < 1.29 is 32.9 Å². The number of aliphatic hydroxyl groups is 1. The van der Waals surface area contributed by atoms with E-state index in [0.29, 0.717) is 23.9 Å². The summed E-state index contributed by atoms with van der Waals surface area (Å²) in [6, 6.07) is -0.773. The fourth-order valence-electron chi connectivity index (χ4n) is 9.92. The Labute approximate surface area is 514 Å². The minimum absolute atomic E-state index is 0.0693. The summed E-state index contributed by atoms with van der Waals surface area (Å²) in [5.74, 6) is -0.151. The first kappa shape index (κ1) is 80.2. The second kappa shape index (κ2) is 63.7. The van der Waals surface area contributed by atoms with Crippen LogP contribution in [-0.2, 0) is 18.4 Å². The van der Waals surface area contributed by atoms with Crippen molar-refractivity contribution in [2.75, 3.05) is 40.9 Å². The van der Waals surface area contributed by atoms with Gasteiger partial charge in [0.1, 0.15) is 13.2 Å². The number of phosphoric acid groups is 1. The number of carbonyl (C=O) groups excluding carboxylic acids is 1. The quantitative estimate of drug-likeness (QED) is 0.0243. The number of likely N-dealkylation sites (N-methyl/N-ethyl adjacent to an activating group) is 1. The molecule has 0 bridgehead atoms. The molecule has 0 rings (SSSR count). The third kappa shape index (κ3) is 66.5. The van der Waals surface area contributed by atoms with E-state index in [9.17, 15) is 19.4 Å². The number of amides is 1. The molecule has 0 aromatic carbocycles. The van der Waals surface area contributed by atoms with Crippen molar-refractivity contribution in [3.63, 3.8) is 0 Å². The SMILES string of the molecule is CC/C=C\C/C=C\C/C=C\C/C=C\C/C=C\C/C=C\C/C=C\C/C=C\C/C=C\CCCCCCCCCCCC(=O)NC(COP(=O)(O)OCC[N+](C)(C)C)C(O)CCCCCCCCCCCCCCCCCCCCCCCCCC. The van der Waals surface area contributed by atoms with Crippen molar-refractivity contribution in [2.45, 2.75) is 315 Å². The molecular formula is C74H134N2O6P+. The van der Waals surface area contributed by atoms with E-state index in [1.165, 1.54) is 173 Å². The molecule has 0 aliphatic rings. The van der Waals surface area contributed by atoms with Gasteiger partial charge in [-0.25, -0.2) is 4.57 Å². The third-order valence-electron chi connectivity index (χ3n) is 15.3. The van der Waals surface area contributed by atoms with Gasteiger partial charge in [0.05, 0.1) is 39.9 Å². The Morgan fingerprint density at radius 3 is 1.06 bits per heavy atom. The molecule has 0 fully saturated rings. The Kier molecular flexibility index (Phi) is 61.5. The Morgan fingerprint density at radius 2 is 0.723 bits per heavy atom. The normalized spacial score (nSPS) is 14.3. The number of nitrogens with one attached hydrogen (secondary N) is 1. The minimum Gasteiger partial charge on any atom is -0.391 e. The smallest absolute Gasteiger partial charge is 0.391 e. The summed E-state index contributed by atoms with van der Waals surface area (Å²) in [6.45, 7) is 4.79. The van der Waals surface area contributed by atoms with Crippen molar-refractivity contribution in [1.82, 2.24) is 5.32 Å². The number of unbranched alkanes of at least 4 members (excludes halogenated alkanes) is 32. The average Bonchev–Trinajstić information content (AvgIpc) is 3.50. The molecule has 83 heavy (non-hydrogen) atoms. The van der Waals surface area contributed by atoms with Crippen LogP contribution in [0, 0.1) is 0 Å². The fourth-order valence-corrected chi connectivity index (χ4v) is 10.7. The number of nitrogens with zero attached hydrogens (tertiary/aromatic N) is 1. The molecule has 3 atom stereocenters. The molecule has 3 N–H and O–H groups in total. The van der Waals surface area contributed by atoms with Crippen LogP contribution < -0.4 is 5.32 Å². The Morgan fingerprint density at radius 1 is 0.422 bits per heavy atom. The predicted octanol–water partition coefficient (Wildman–Crippen LogP) is 22.3. The molecule has 8 nitrogen and oxygen atoms in total. The topological polar surface area (TPSA) is 105 Å². The average molecular weight is 1180 g/mol. The van der Waals surface area contributed by atoms with Gasteiger partial charge in [0, 0.05) is 6.42 Å². The summed E-state index contributed by atoms with van der Waals surface area (Å²) in [6.07, 6.45) is 93.2. The van der Waals surface area contributed by atoms with E-state index in [2.05, 4.69) is 129 Å². The van der Waals surface area contributed by atoms with E-state index in [0.717, 1.165) is 103 Å². The maximum atomic E-state index is 13.1. The molecule has 1 amide bonds. The number of quaternary nitrogens is 1. The van der Waals surface area contributed by atoms with Gasteiger partial charge < -0.3 is 19.8 Å². The van der Waals surface area contributed by atoms with Gasteiger partial charge in [-0.3, -0.25) is 13.8 Å². The van der Waals surface area contributed by atoms with Crippen LogP contribution in [-0.4, -0.2) is 73.4 Å². The fraction of sp³-hybridized carbons (Fsp3) is 0.743. The lowest BCUT2D eigenvalue weighted by Gasteiger charge is -2.26. The maximum absolute atomic E-state index is 13.1. The summed E-state index contributed by atoms with van der Waals surface area (Å²) in [4.78, 5) is 23.5. The third-order valence-corrected chi connectivity index (χ3v) is 16.3. The van der Waals surface area contributed by atoms with Gasteiger partial charge in [-0.1, -0.05) is 322 Å². The highest BCUT2D eigenvalue weighted by Crippen LogP contribution is 2.43. The number of rotatable bonds is 63. The van der Waals surface area contributed by atoms with Crippen LogP contribution >= 0.6 is 7.82 Å². The van der Waals surface area contributed by atoms with Gasteiger partial charge in [-0.2, -0.15) is 0 Å². The predicted molar refractivity (Wildman–Crippen MR) is 364 cm³/mol. The Bertz CT molecular complexity index is 1720. The highest BCUT2D eigenvalue weighted by molar-refractivity contribution is 7.47. The largest absolute Gasteiger partial charge is 0.472 e. The van der Waals surface area contributed by atoms with Crippen molar-refractivity contribution in [2.24, 2.45) is 0 Å². The highest BCUT2D eigenvalue weighted by atomic mass is 31.2. The number of aliphatic hydroxyl groups excluding tert-OH is 1. The molecule has 0 radical (unpaired) electrons. The lowest BCUT2D eigenvalue weighted by atomic mass is 10.0. The van der Waals surface area contributed by atoms with Crippen molar-refractivity contribution in [3.8, 4) is 0 Å². The number of hydrogen-bond acceptors (Lipinski definition) is 5. The van der Waals surface area contributed by atoms with Crippen LogP contribution in [0.15, 0.2) is 109 Å². The number of hydrogen-bond donors (Lipinski definition) is 3. The summed E-state index contributed by atoms with van der Waals surface area (Å²) in [5.41, 5.74) is 0. The van der Waals surface area contributed by atoms with Gasteiger partial charge in [0.25, 0.3) is 0 Å². The van der Waals surface area contributed by atoms with Crippen LogP contribution in [0.4, 0.5) is 0 Å². The van der Waals surface area contributed by atoms with Gasteiger partial charge >= 0.3 is 7.82 Å². The van der Waals surface area contributed by atoms with Gasteiger partial charge in [0.15, 0.2) is 0 Å². The molecule has 0 aromatic heterocycles. The molecule has 0 aromatic rings. The first-order chi connectivity index (χ1) is 40.5. The lowest BCUT2D eigenvalue weighted by Crippen LogP contribution is -2.46. The Balaban J connectivity index is 4.11. The molecule has 0 aliphatic heterocycles. The van der Waals surface area contributed by atoms with E-state index < -0.39 is 20.0 Å². The van der Waals surface area contributed by atoms with Crippen molar-refractivity contribution in [1.29, 1.82) is 0 Å². The second-order valence-corrected chi connectivity index (χ2v) is 26.0. The summed E-state index contributed by atoms with van der Waals surface area (Å²) < 4.78 is 23.9. The van der Waals surface area contributed by atoms with Crippen LogP contribution in [0.5, 0.6) is 0 Å². The monoisotopic (exact) mass is 1180 g/mol. The first-order valence-corrected chi connectivity index (χ1v) is 36.2. The second-order valence-electron chi connectivity index (χ2n) is 24.5. The molecule has 0 saturated carbocycles. The van der Waals surface area contributed by atoms with E-state index in [1.54, 1.807) is 0 Å². The zero-order valence-corrected chi connectivity index (χ0v) is 55.8. The van der Waals surface area contributed by atoms with Crippen molar-refractivity contribution >= 4 is 13.7 Å². The van der Waals surface area contributed by atoms with E-state index >= 15 is 0 Å². The first-order valence-electron chi connectivity index (χ1n) is 34.8. The molecule has 3 unspecified atom stereocenters. The van der Waals surface area contributed by atoms with Crippen LogP contribution in [0.2, 0.25) is 0 Å². The number of phosphoric ester groups is 1. The molecule has 0 saturated heterocycles. The van der Waals surface area contributed by atoms with E-state index in [-0.39, 0.29) is 19.1 Å². The molecule has 0 aliphatic carbocycles. The number of carbonyl (C=O) groups is 1. The zero-order valence-electron chi connectivity index (χ0n) is 54.9. The lowest BCUT2D eigenvalue weighted by molar-refractivity contribution is -0.870. The Hall–Kier alpha value is -2.84.